The van der Waals surface area contributed by atoms with Crippen LogP contribution < -0.4 is 10.6 Å². The summed E-state index contributed by atoms with van der Waals surface area (Å²) >= 11 is 0. The van der Waals surface area contributed by atoms with Crippen LogP contribution in [0.3, 0.4) is 0 Å². The van der Waals surface area contributed by atoms with Gasteiger partial charge in [0.1, 0.15) is 0 Å². The number of nitrogen functional groups attached to an aromatic ring is 1. The molecule has 1 rings (SSSR count). The smallest absolute Gasteiger partial charge is 0.165 e. The van der Waals surface area contributed by atoms with E-state index in [4.69, 9.17) is 11.0 Å². The fraction of sp³-hybridized carbons (Fsp3) is 0.333. The molecule has 0 unspecified atom stereocenters. The Balaban J connectivity index is 0.000000354. The zero-order valence-corrected chi connectivity index (χ0v) is 7.45. The van der Waals surface area contributed by atoms with Gasteiger partial charge in [-0.15, -0.1) is 0 Å². The van der Waals surface area contributed by atoms with E-state index in [9.17, 15) is 0 Å². The average Bonchev–Trinajstić information content (AvgIpc) is 2.07. The standard InChI is InChI=1S/C6H7NO2.C3H8/c7-5-1-3-6(9-8)4-2-5;1-3-2/h1-4,8H,7H2;3H2,1-2H3. The predicted octanol–water partition coefficient (Wildman–Crippen LogP) is 2.54. The van der Waals surface area contributed by atoms with Crippen molar-refractivity contribution in [1.82, 2.24) is 0 Å². The first-order valence-corrected chi connectivity index (χ1v) is 3.91. The Bertz CT molecular complexity index is 196. The van der Waals surface area contributed by atoms with Crippen molar-refractivity contribution in [1.29, 1.82) is 0 Å². The maximum atomic E-state index is 8.09. The molecule has 0 spiro atoms. The van der Waals surface area contributed by atoms with Crippen LogP contribution in [0.5, 0.6) is 5.75 Å². The van der Waals surface area contributed by atoms with Gasteiger partial charge in [0, 0.05) is 5.69 Å². The van der Waals surface area contributed by atoms with Crippen LogP contribution >= 0.6 is 0 Å². The molecule has 3 N–H and O–H groups in total. The lowest BCUT2D eigenvalue weighted by Crippen LogP contribution is -1.85. The van der Waals surface area contributed by atoms with Gasteiger partial charge in [-0.05, 0) is 24.3 Å². The van der Waals surface area contributed by atoms with Crippen molar-refractivity contribution in [3.05, 3.63) is 24.3 Å². The average molecular weight is 169 g/mol. The largest absolute Gasteiger partial charge is 0.399 e. The van der Waals surface area contributed by atoms with E-state index in [2.05, 4.69) is 18.7 Å². The van der Waals surface area contributed by atoms with E-state index in [0.717, 1.165) is 0 Å². The molecule has 3 heteroatoms. The monoisotopic (exact) mass is 169 g/mol. The van der Waals surface area contributed by atoms with Crippen molar-refractivity contribution >= 4 is 5.69 Å². The highest BCUT2D eigenvalue weighted by Crippen LogP contribution is 2.11. The number of benzene rings is 1. The predicted molar refractivity (Wildman–Crippen MR) is 50.1 cm³/mol. The zero-order valence-electron chi connectivity index (χ0n) is 7.45. The highest BCUT2D eigenvalue weighted by atomic mass is 17.1. The van der Waals surface area contributed by atoms with E-state index in [1.807, 2.05) is 0 Å². The van der Waals surface area contributed by atoms with Gasteiger partial charge in [-0.25, -0.2) is 5.26 Å². The summed E-state index contributed by atoms with van der Waals surface area (Å²) < 4.78 is 0. The van der Waals surface area contributed by atoms with Gasteiger partial charge in [-0.3, -0.25) is 0 Å². The lowest BCUT2D eigenvalue weighted by atomic mass is 10.3. The molecule has 68 valence electrons. The Morgan fingerprint density at radius 1 is 1.25 bits per heavy atom. The minimum absolute atomic E-state index is 0.393. The Labute approximate surface area is 72.7 Å². The molecule has 0 aliphatic rings. The number of hydrogen-bond acceptors (Lipinski definition) is 3. The third-order valence-electron chi connectivity index (χ3n) is 0.986. The summed E-state index contributed by atoms with van der Waals surface area (Å²) in [6.07, 6.45) is 1.25. The van der Waals surface area contributed by atoms with Gasteiger partial charge in [0.2, 0.25) is 0 Å². The lowest BCUT2D eigenvalue weighted by molar-refractivity contribution is -0.137. The van der Waals surface area contributed by atoms with Gasteiger partial charge in [-0.1, -0.05) is 20.3 Å². The van der Waals surface area contributed by atoms with Gasteiger partial charge < -0.3 is 10.6 Å². The molecule has 12 heavy (non-hydrogen) atoms. The Morgan fingerprint density at radius 3 is 2.00 bits per heavy atom. The summed E-state index contributed by atoms with van der Waals surface area (Å²) in [6, 6.07) is 6.45. The van der Waals surface area contributed by atoms with Gasteiger partial charge >= 0.3 is 0 Å². The van der Waals surface area contributed by atoms with E-state index in [0.29, 0.717) is 11.4 Å². The van der Waals surface area contributed by atoms with E-state index in [-0.39, 0.29) is 0 Å². The molecule has 0 amide bonds. The molecule has 0 atom stereocenters. The van der Waals surface area contributed by atoms with E-state index in [1.54, 1.807) is 24.3 Å². The van der Waals surface area contributed by atoms with Crippen molar-refractivity contribution in [2.45, 2.75) is 20.3 Å². The molecule has 0 aromatic heterocycles. The first kappa shape index (κ1) is 10.8. The summed E-state index contributed by atoms with van der Waals surface area (Å²) in [6.45, 7) is 4.25. The number of rotatable bonds is 1. The molecule has 1 aromatic carbocycles. The van der Waals surface area contributed by atoms with E-state index in [1.165, 1.54) is 6.42 Å². The number of nitrogens with two attached hydrogens (primary N) is 1. The summed E-state index contributed by atoms with van der Waals surface area (Å²) in [5.74, 6) is 0.393. The second-order valence-electron chi connectivity index (χ2n) is 2.37. The maximum Gasteiger partial charge on any atom is 0.165 e. The van der Waals surface area contributed by atoms with Crippen molar-refractivity contribution in [2.24, 2.45) is 0 Å². The van der Waals surface area contributed by atoms with Crippen molar-refractivity contribution < 1.29 is 10.1 Å². The second-order valence-corrected chi connectivity index (χ2v) is 2.37. The fourth-order valence-corrected chi connectivity index (χ4v) is 0.529. The third-order valence-corrected chi connectivity index (χ3v) is 0.986. The SMILES string of the molecule is CCC.Nc1ccc(OO)cc1. The molecule has 1 aromatic rings. The first-order valence-electron chi connectivity index (χ1n) is 3.91. The fourth-order valence-electron chi connectivity index (χ4n) is 0.529. The molecule has 0 saturated heterocycles. The van der Waals surface area contributed by atoms with Gasteiger partial charge in [0.05, 0.1) is 0 Å². The molecule has 0 aliphatic carbocycles. The molecule has 0 saturated carbocycles. The maximum absolute atomic E-state index is 8.09. The molecular formula is C9H15NO2. The molecule has 0 bridgehead atoms. The first-order chi connectivity index (χ1) is 5.74. The van der Waals surface area contributed by atoms with Crippen molar-refractivity contribution in [3.8, 4) is 5.75 Å². The van der Waals surface area contributed by atoms with Crippen molar-refractivity contribution in [2.75, 3.05) is 5.73 Å². The van der Waals surface area contributed by atoms with Crippen LogP contribution in [-0.4, -0.2) is 5.26 Å². The number of anilines is 1. The molecule has 0 radical (unpaired) electrons. The van der Waals surface area contributed by atoms with Crippen LogP contribution in [0.4, 0.5) is 5.69 Å². The quantitative estimate of drug-likeness (QED) is 0.386. The topological polar surface area (TPSA) is 55.5 Å². The highest BCUT2D eigenvalue weighted by Gasteiger charge is 1.88. The minimum atomic E-state index is 0.393. The molecule has 0 aliphatic heterocycles. The molecule has 0 heterocycles. The van der Waals surface area contributed by atoms with Crippen LogP contribution in [0.2, 0.25) is 0 Å². The van der Waals surface area contributed by atoms with Crippen molar-refractivity contribution in [3.63, 3.8) is 0 Å². The second kappa shape index (κ2) is 6.49. The highest BCUT2D eigenvalue weighted by molar-refractivity contribution is 5.41. The van der Waals surface area contributed by atoms with Crippen LogP contribution in [0.25, 0.3) is 0 Å². The minimum Gasteiger partial charge on any atom is -0.399 e. The summed E-state index contributed by atoms with van der Waals surface area (Å²) in [5, 5.41) is 8.09. The van der Waals surface area contributed by atoms with Gasteiger partial charge in [0.25, 0.3) is 0 Å². The zero-order chi connectivity index (χ0) is 9.40. The summed E-state index contributed by atoms with van der Waals surface area (Å²) in [7, 11) is 0. The van der Waals surface area contributed by atoms with Gasteiger partial charge in [-0.2, -0.15) is 0 Å². The molecular weight excluding hydrogens is 154 g/mol. The Morgan fingerprint density at radius 2 is 1.67 bits per heavy atom. The lowest BCUT2D eigenvalue weighted by Gasteiger charge is -1.94. The summed E-state index contributed by atoms with van der Waals surface area (Å²) in [5.41, 5.74) is 5.99. The van der Waals surface area contributed by atoms with Crippen LogP contribution in [-0.2, 0) is 0 Å². The van der Waals surface area contributed by atoms with Gasteiger partial charge in [0.15, 0.2) is 5.75 Å². The molecule has 0 fully saturated rings. The van der Waals surface area contributed by atoms with Crippen LogP contribution in [0, 0.1) is 0 Å². The molecule has 3 nitrogen and oxygen atoms in total. The normalized spacial score (nSPS) is 8.25. The van der Waals surface area contributed by atoms with E-state index < -0.39 is 0 Å². The van der Waals surface area contributed by atoms with Crippen LogP contribution in [0.15, 0.2) is 24.3 Å². The number of hydrogen-bond donors (Lipinski definition) is 2. The van der Waals surface area contributed by atoms with E-state index >= 15 is 0 Å². The summed E-state index contributed by atoms with van der Waals surface area (Å²) in [4.78, 5) is 3.91. The third kappa shape index (κ3) is 4.57. The Kier molecular flexibility index (Phi) is 5.83. The van der Waals surface area contributed by atoms with Crippen LogP contribution in [0.1, 0.15) is 20.3 Å². The Hall–Kier alpha value is -1.22.